The van der Waals surface area contributed by atoms with Gasteiger partial charge in [-0.3, -0.25) is 14.5 Å². The number of carbonyl (C=O) groups is 1. The summed E-state index contributed by atoms with van der Waals surface area (Å²) in [6.45, 7) is 0.499. The fourth-order valence-electron chi connectivity index (χ4n) is 3.37. The van der Waals surface area contributed by atoms with Gasteiger partial charge in [0.05, 0.1) is 24.7 Å². The molecule has 4 rings (SSSR count). The van der Waals surface area contributed by atoms with Gasteiger partial charge in [0.15, 0.2) is 11.5 Å². The second-order valence-corrected chi connectivity index (χ2v) is 8.01. The average Bonchev–Trinajstić information content (AvgIpc) is 3.07. The second kappa shape index (κ2) is 7.23. The molecule has 1 aromatic heterocycles. The van der Waals surface area contributed by atoms with E-state index in [0.717, 1.165) is 6.20 Å². The van der Waals surface area contributed by atoms with E-state index in [1.807, 2.05) is 0 Å². The van der Waals surface area contributed by atoms with Crippen molar-refractivity contribution >= 4 is 29.5 Å². The first-order valence-corrected chi connectivity index (χ1v) is 9.41. The van der Waals surface area contributed by atoms with Crippen molar-refractivity contribution in [2.75, 3.05) is 25.6 Å². The van der Waals surface area contributed by atoms with Crippen LogP contribution in [0.15, 0.2) is 30.5 Å². The number of aromatic nitrogens is 1. The van der Waals surface area contributed by atoms with Gasteiger partial charge in [0.1, 0.15) is 17.2 Å². The van der Waals surface area contributed by atoms with Crippen molar-refractivity contribution in [3.05, 3.63) is 59.2 Å². The molecule has 1 amide bonds. The number of halogens is 3. The molecule has 29 heavy (non-hydrogen) atoms. The molecule has 0 spiro atoms. The summed E-state index contributed by atoms with van der Waals surface area (Å²) in [6, 6.07) is 4.48. The van der Waals surface area contributed by atoms with Crippen molar-refractivity contribution in [3.8, 4) is 0 Å². The number of anilines is 1. The SMILES string of the molecule is CN1SC2COCC2(c2cc(NC(=O)c3ncc(F)cc3F)ccc2F)NC1=N. The van der Waals surface area contributed by atoms with E-state index in [4.69, 9.17) is 10.1 Å². The van der Waals surface area contributed by atoms with Crippen LogP contribution in [0.25, 0.3) is 0 Å². The number of amides is 1. The standard InChI is InChI=1S/C18H16F3N5O2S/c1-26-17(22)25-18(8-28-7-14(18)29-26)11-5-10(2-3-12(11)20)24-16(27)15-13(21)4-9(19)6-23-15/h2-6,14H,7-8H2,1H3,(H2,22,25)(H,24,27). The zero-order valence-corrected chi connectivity index (χ0v) is 15.9. The highest BCUT2D eigenvalue weighted by Crippen LogP contribution is 2.43. The Bertz CT molecular complexity index is 1010. The van der Waals surface area contributed by atoms with Gasteiger partial charge in [-0.05, 0) is 30.1 Å². The Balaban J connectivity index is 1.66. The minimum Gasteiger partial charge on any atom is -0.377 e. The molecule has 3 N–H and O–H groups in total. The van der Waals surface area contributed by atoms with Crippen molar-refractivity contribution in [1.82, 2.24) is 14.6 Å². The van der Waals surface area contributed by atoms with Gasteiger partial charge in [-0.2, -0.15) is 0 Å². The molecule has 2 saturated heterocycles. The highest BCUT2D eigenvalue weighted by atomic mass is 32.2. The smallest absolute Gasteiger partial charge is 0.277 e. The van der Waals surface area contributed by atoms with Crippen LogP contribution < -0.4 is 10.6 Å². The molecule has 3 heterocycles. The van der Waals surface area contributed by atoms with E-state index in [2.05, 4.69) is 15.6 Å². The van der Waals surface area contributed by atoms with Crippen molar-refractivity contribution in [2.45, 2.75) is 10.8 Å². The summed E-state index contributed by atoms with van der Waals surface area (Å²) in [5.41, 5.74) is -1.14. The van der Waals surface area contributed by atoms with Crippen LogP contribution in [0.4, 0.5) is 18.9 Å². The molecule has 152 valence electrons. The van der Waals surface area contributed by atoms with Crippen LogP contribution in [-0.4, -0.2) is 46.7 Å². The number of guanidine groups is 1. The summed E-state index contributed by atoms with van der Waals surface area (Å²) >= 11 is 1.36. The highest BCUT2D eigenvalue weighted by molar-refractivity contribution is 7.98. The van der Waals surface area contributed by atoms with Crippen LogP contribution in [0.5, 0.6) is 0 Å². The second-order valence-electron chi connectivity index (χ2n) is 6.68. The first-order chi connectivity index (χ1) is 13.8. The predicted molar refractivity (Wildman–Crippen MR) is 101 cm³/mol. The Morgan fingerprint density at radius 2 is 2.17 bits per heavy atom. The Labute approximate surface area is 168 Å². The lowest BCUT2D eigenvalue weighted by Gasteiger charge is -2.43. The van der Waals surface area contributed by atoms with Crippen LogP contribution in [0, 0.1) is 22.9 Å². The molecule has 0 saturated carbocycles. The molecule has 2 atom stereocenters. The molecular weight excluding hydrogens is 407 g/mol. The van der Waals surface area contributed by atoms with Gasteiger partial charge in [-0.15, -0.1) is 0 Å². The molecule has 2 unspecified atom stereocenters. The van der Waals surface area contributed by atoms with E-state index in [1.165, 1.54) is 30.1 Å². The molecule has 2 aliphatic heterocycles. The molecule has 2 aliphatic rings. The predicted octanol–water partition coefficient (Wildman–Crippen LogP) is 2.46. The number of nitrogens with one attached hydrogen (secondary N) is 3. The summed E-state index contributed by atoms with van der Waals surface area (Å²) in [4.78, 5) is 15.8. The van der Waals surface area contributed by atoms with E-state index in [9.17, 15) is 18.0 Å². The van der Waals surface area contributed by atoms with E-state index in [1.54, 1.807) is 11.4 Å². The zero-order valence-electron chi connectivity index (χ0n) is 15.1. The first kappa shape index (κ1) is 19.5. The number of hydrogen-bond acceptors (Lipinski definition) is 5. The Hall–Kier alpha value is -2.79. The third kappa shape index (κ3) is 3.40. The number of benzene rings is 1. The maximum atomic E-state index is 14.8. The summed E-state index contributed by atoms with van der Waals surface area (Å²) in [5.74, 6) is -3.33. The topological polar surface area (TPSA) is 90.3 Å². The third-order valence-corrected chi connectivity index (χ3v) is 6.11. The molecule has 7 nitrogen and oxygen atoms in total. The average molecular weight is 423 g/mol. The van der Waals surface area contributed by atoms with Gasteiger partial charge in [-0.1, -0.05) is 0 Å². The molecule has 2 aromatic rings. The van der Waals surface area contributed by atoms with Crippen LogP contribution in [0.1, 0.15) is 16.1 Å². The van der Waals surface area contributed by atoms with E-state index < -0.39 is 34.6 Å². The minimum absolute atomic E-state index is 0.100. The summed E-state index contributed by atoms with van der Waals surface area (Å²) in [5, 5.41) is 13.4. The van der Waals surface area contributed by atoms with E-state index >= 15 is 0 Å². The molecule has 2 fully saturated rings. The van der Waals surface area contributed by atoms with Gasteiger partial charge in [-0.25, -0.2) is 18.2 Å². The maximum Gasteiger partial charge on any atom is 0.277 e. The van der Waals surface area contributed by atoms with Crippen molar-refractivity contribution in [3.63, 3.8) is 0 Å². The Morgan fingerprint density at radius 1 is 1.38 bits per heavy atom. The normalized spacial score (nSPS) is 23.5. The highest BCUT2D eigenvalue weighted by Gasteiger charge is 2.52. The molecule has 11 heteroatoms. The quantitative estimate of drug-likeness (QED) is 0.658. The monoisotopic (exact) mass is 423 g/mol. The van der Waals surface area contributed by atoms with Gasteiger partial charge in [0.25, 0.3) is 5.91 Å². The van der Waals surface area contributed by atoms with Crippen molar-refractivity contribution in [1.29, 1.82) is 5.41 Å². The van der Waals surface area contributed by atoms with Gasteiger partial charge < -0.3 is 15.4 Å². The number of fused-ring (bicyclic) bond motifs is 1. The van der Waals surface area contributed by atoms with Gasteiger partial charge in [0.2, 0.25) is 5.96 Å². The van der Waals surface area contributed by atoms with Crippen LogP contribution >= 0.6 is 11.9 Å². The Morgan fingerprint density at radius 3 is 2.93 bits per heavy atom. The number of carbonyl (C=O) groups excluding carboxylic acids is 1. The largest absolute Gasteiger partial charge is 0.377 e. The van der Waals surface area contributed by atoms with Crippen LogP contribution in [0.2, 0.25) is 0 Å². The first-order valence-electron chi connectivity index (χ1n) is 8.57. The lowest BCUT2D eigenvalue weighted by molar-refractivity contribution is 0.101. The van der Waals surface area contributed by atoms with Gasteiger partial charge in [0, 0.05) is 24.4 Å². The Kier molecular flexibility index (Phi) is 4.87. The number of ether oxygens (including phenoxy) is 1. The summed E-state index contributed by atoms with van der Waals surface area (Å²) in [7, 11) is 1.72. The lowest BCUT2D eigenvalue weighted by atomic mass is 9.87. The van der Waals surface area contributed by atoms with Crippen LogP contribution in [-0.2, 0) is 10.3 Å². The molecule has 0 aliphatic carbocycles. The van der Waals surface area contributed by atoms with Crippen molar-refractivity contribution in [2.24, 2.45) is 0 Å². The van der Waals surface area contributed by atoms with E-state index in [0.29, 0.717) is 12.7 Å². The summed E-state index contributed by atoms with van der Waals surface area (Å²) in [6.07, 6.45) is 0.735. The molecule has 0 radical (unpaired) electrons. The number of nitrogens with zero attached hydrogens (tertiary/aromatic N) is 2. The lowest BCUT2D eigenvalue weighted by Crippen LogP contribution is -2.60. The zero-order chi connectivity index (χ0) is 20.8. The van der Waals surface area contributed by atoms with Crippen molar-refractivity contribution < 1.29 is 22.7 Å². The minimum atomic E-state index is -1.10. The van der Waals surface area contributed by atoms with E-state index in [-0.39, 0.29) is 29.1 Å². The number of hydrogen-bond donors (Lipinski definition) is 3. The van der Waals surface area contributed by atoms with Gasteiger partial charge >= 0.3 is 0 Å². The molecule has 0 bridgehead atoms. The van der Waals surface area contributed by atoms with Crippen LogP contribution in [0.3, 0.4) is 0 Å². The maximum absolute atomic E-state index is 14.8. The number of rotatable bonds is 3. The molecular formula is C18H16F3N5O2S. The molecule has 1 aromatic carbocycles. The third-order valence-electron chi connectivity index (χ3n) is 4.82. The fraction of sp³-hybridized carbons (Fsp3) is 0.278. The summed E-state index contributed by atoms with van der Waals surface area (Å²) < 4.78 is 48.8. The fourth-order valence-corrected chi connectivity index (χ4v) is 4.49. The number of pyridine rings is 1.